The van der Waals surface area contributed by atoms with Gasteiger partial charge in [0.15, 0.2) is 0 Å². The number of anilines is 3. The molecule has 0 spiro atoms. The Bertz CT molecular complexity index is 5440. The van der Waals surface area contributed by atoms with Crippen molar-refractivity contribution < 1.29 is 229 Å². The monoisotopic (exact) mass is 2300 g/mol. The number of phenolic OH excluding ortho intramolecular Hbond substituents is 2. The molecule has 8 heterocycles. The molecule has 16 rings (SSSR count). The van der Waals surface area contributed by atoms with Gasteiger partial charge in [0.25, 0.3) is 16.6 Å². The molecular weight excluding hydrogens is 2190 g/mol. The predicted molar refractivity (Wildman–Crippen MR) is 530 cm³/mol. The number of nitrogens with zero attached hydrogens (tertiary/aromatic N) is 7. The SMILES string of the molecule is BrB(Br)Br.C.CC1(C)OB(c2ccc(N3CCOCC3)cc2)OC1(C)C.CCCOCCOCCOS(=O)(=O)c1ccc(C)cc1.CCCOCCOCCOc1ccc2nc(-c3ccc(N4CCOCC4)cc3)ccc2c1.COc1ccc2nc(Cl)ccc2c1.O=CO[O-].Oc1ccc2nc(-c3ccc(N4CCOCC4)cc3)ccc2c1.Oc1ccc2nc(Cl)ccc2c1.[Cs+].[Cs+].[H-]. The maximum atomic E-state index is 11.8. The van der Waals surface area contributed by atoms with Crippen molar-refractivity contribution in [1.82, 2.24) is 19.9 Å². The number of hydrogen-bond acceptors (Lipinski definition) is 26. The normalized spacial score (nSPS) is 14.0. The number of carbonyl (C=O) groups is 1. The van der Waals surface area contributed by atoms with Gasteiger partial charge >= 0.3 is 148 Å². The fraction of sp³-hybridized carbons (Fsp3) is 0.365. The summed E-state index contributed by atoms with van der Waals surface area (Å²) in [4.78, 5) is 36.2. The minimum absolute atomic E-state index is 0. The summed E-state index contributed by atoms with van der Waals surface area (Å²) in [7, 11) is -2.33. The van der Waals surface area contributed by atoms with Gasteiger partial charge in [0.1, 0.15) is 39.9 Å². The molecule has 698 valence electrons. The van der Waals surface area contributed by atoms with E-state index in [0.29, 0.717) is 56.6 Å². The van der Waals surface area contributed by atoms with Gasteiger partial charge in [-0.2, -0.15) is 8.42 Å². The standard InChI is InChI=1S/C26H32N2O4.C19H18N2O2.C16H24BNO3.C14H22O5S.C10H8ClNO.C9H6ClNO.CH2O3.CH4.BBr3.2Cs.H/c1-2-13-29-16-17-31-18-19-32-24-8-10-26-22(20-24)5-9-25(27-26)21-3-6-23(7-4-21)28-11-14-30-15-12-28;22-17-6-8-19-15(13-17)3-7-18(20-19)14-1-4-16(5-2-14)21-9-11-23-12-10-21;1-15(2)16(3,4)21-17(20-15)13-5-7-14(8-6-13)18-9-11-19-12-10-18;1-3-8-17-9-10-18-11-12-19-20(15,16)14-6-4-13(2)5-7-14;1-13-8-3-4-9-7(6-8)2-5-10(11)12-9;10-9-4-1-6-5-7(12)2-3-8(6)11-9;2-1-4-3;;2-1(3)4;;;/h3-10,20H,2,11-19H2,1H3;1-8,13,22H,9-12H2;5-8H,9-12H2,1-4H3;4-7H,3,8-12H2,1-2H3;2-6H,1H3;1-5,12H;1,3H;1H4;;;;/q;;;;;;;;;2*+1;-1/p-1. The third-order valence-corrected chi connectivity index (χ3v) is 22.2. The summed E-state index contributed by atoms with van der Waals surface area (Å²) in [6.07, 6.45) is 2.00. The Labute approximate surface area is 930 Å². The molecule has 26 nitrogen and oxygen atoms in total. The maximum Gasteiger partial charge on any atom is 1.00 e. The van der Waals surface area contributed by atoms with E-state index in [-0.39, 0.29) is 204 Å². The van der Waals surface area contributed by atoms with E-state index in [1.807, 2.05) is 80.6 Å². The Hall–Kier alpha value is -4.77. The van der Waals surface area contributed by atoms with Crippen LogP contribution in [0.25, 0.3) is 66.1 Å². The topological polar surface area (TPSA) is 296 Å². The molecule has 0 unspecified atom stereocenters. The van der Waals surface area contributed by atoms with Gasteiger partial charge in [-0.3, -0.25) is 8.98 Å². The summed E-state index contributed by atoms with van der Waals surface area (Å²) in [5.41, 5.74) is 12.8. The van der Waals surface area contributed by atoms with Crippen molar-refractivity contribution in [3.8, 4) is 45.5 Å². The number of fused-ring (bicyclic) bond motifs is 4. The second-order valence-corrected chi connectivity index (χ2v) is 39.1. The summed E-state index contributed by atoms with van der Waals surface area (Å²) >= 11 is 20.7. The Balaban J connectivity index is 0.000000282. The zero-order valence-electron chi connectivity index (χ0n) is 76.8. The molecule has 4 aliphatic heterocycles. The van der Waals surface area contributed by atoms with Crippen LogP contribution in [0, 0.1) is 6.92 Å². The first-order valence-corrected chi connectivity index (χ1v) is 47.2. The van der Waals surface area contributed by atoms with E-state index in [0.717, 1.165) is 187 Å². The summed E-state index contributed by atoms with van der Waals surface area (Å²) in [5.74, 6) is 2.16. The molecule has 132 heavy (non-hydrogen) atoms. The van der Waals surface area contributed by atoms with E-state index in [1.54, 1.807) is 61.7 Å². The van der Waals surface area contributed by atoms with E-state index in [1.165, 1.54) is 29.2 Å². The summed E-state index contributed by atoms with van der Waals surface area (Å²) in [6, 6.07) is 69.4. The van der Waals surface area contributed by atoms with Gasteiger partial charge in [-0.1, -0.05) is 111 Å². The number of aromatic nitrogens is 4. The summed E-state index contributed by atoms with van der Waals surface area (Å²) in [6.45, 7) is 29.6. The first-order valence-electron chi connectivity index (χ1n) is 42.3. The number of carbonyl (C=O) groups excluding carboxylic acids is 1. The van der Waals surface area contributed by atoms with Gasteiger partial charge in [0.2, 0.25) is 0 Å². The minimum Gasteiger partial charge on any atom is -1.00 e. The van der Waals surface area contributed by atoms with Crippen LogP contribution in [0.4, 0.5) is 17.1 Å². The van der Waals surface area contributed by atoms with Crippen molar-refractivity contribution in [3.05, 3.63) is 234 Å². The molecule has 4 saturated heterocycles. The molecule has 0 atom stereocenters. The van der Waals surface area contributed by atoms with Crippen molar-refractivity contribution in [3.63, 3.8) is 0 Å². The largest absolute Gasteiger partial charge is 1.00 e. The van der Waals surface area contributed by atoms with Gasteiger partial charge in [-0.05, 0) is 211 Å². The van der Waals surface area contributed by atoms with E-state index in [9.17, 15) is 13.5 Å². The number of benzene rings is 8. The Kier molecular flexibility index (Phi) is 54.7. The maximum absolute atomic E-state index is 11.8. The number of aryl methyl sites for hydroxylation is 1. The van der Waals surface area contributed by atoms with E-state index < -0.39 is 10.1 Å². The van der Waals surface area contributed by atoms with Crippen molar-refractivity contribution in [2.45, 2.75) is 84.8 Å². The Morgan fingerprint density at radius 1 is 0.477 bits per heavy atom. The van der Waals surface area contributed by atoms with Gasteiger partial charge in [0.05, 0.1) is 143 Å². The molecule has 0 aliphatic carbocycles. The molecule has 0 bridgehead atoms. The quantitative estimate of drug-likeness (QED) is 0.00919. The molecule has 2 N–H and O–H groups in total. The first-order chi connectivity index (χ1) is 62.3. The van der Waals surface area contributed by atoms with Crippen molar-refractivity contribution >= 4 is 164 Å². The van der Waals surface area contributed by atoms with Crippen LogP contribution in [-0.4, -0.2) is 219 Å². The van der Waals surface area contributed by atoms with Gasteiger partial charge in [0, 0.05) is 102 Å². The van der Waals surface area contributed by atoms with Crippen LogP contribution in [0.2, 0.25) is 10.3 Å². The number of morpholine rings is 3. The van der Waals surface area contributed by atoms with Crippen LogP contribution in [-0.2, 0) is 66.5 Å². The van der Waals surface area contributed by atoms with Crippen LogP contribution < -0.4 is 173 Å². The summed E-state index contributed by atoms with van der Waals surface area (Å²) in [5, 5.41) is 32.0. The van der Waals surface area contributed by atoms with Crippen LogP contribution in [0.3, 0.4) is 0 Å². The molecule has 0 radical (unpaired) electrons. The second-order valence-electron chi connectivity index (χ2n) is 30.2. The van der Waals surface area contributed by atoms with Gasteiger partial charge in [-0.15, -0.1) is 47.3 Å². The van der Waals surface area contributed by atoms with E-state index >= 15 is 0 Å². The smallest absolute Gasteiger partial charge is 1.00 e. The molecule has 4 aromatic heterocycles. The molecule has 12 aromatic rings. The van der Waals surface area contributed by atoms with Crippen molar-refractivity contribution in [2.24, 2.45) is 0 Å². The van der Waals surface area contributed by atoms with Crippen molar-refractivity contribution in [1.29, 1.82) is 0 Å². The number of ether oxygens (including phenoxy) is 9. The van der Waals surface area contributed by atoms with E-state index in [4.69, 9.17) is 99.5 Å². The van der Waals surface area contributed by atoms with E-state index in [2.05, 4.69) is 201 Å². The first kappa shape index (κ1) is 116. The Morgan fingerprint density at radius 3 is 1.21 bits per heavy atom. The molecule has 4 fully saturated rings. The minimum atomic E-state index is -3.69. The number of methoxy groups -OCH3 is 1. The fourth-order valence-corrected chi connectivity index (χ4v) is 14.2. The number of rotatable bonds is 27. The van der Waals surface area contributed by atoms with Crippen molar-refractivity contribution in [2.75, 3.05) is 167 Å². The number of pyridine rings is 4. The molecular formula is C96H116B2Br3Cl2Cs2N7O19S. The molecule has 0 amide bonds. The predicted octanol–water partition coefficient (Wildman–Crippen LogP) is 12.8. The number of phenols is 2. The molecule has 4 aliphatic rings. The zero-order valence-corrected chi connectivity index (χ0v) is 95.4. The average Bonchev–Trinajstić information content (AvgIpc) is 1.62. The molecule has 0 saturated carbocycles. The van der Waals surface area contributed by atoms with Gasteiger partial charge in [-0.25, -0.2) is 19.9 Å². The number of aromatic hydroxyl groups is 2. The van der Waals surface area contributed by atoms with Crippen LogP contribution in [0.15, 0.2) is 223 Å². The summed E-state index contributed by atoms with van der Waals surface area (Å²) < 4.78 is 89.5. The number of halogens is 5. The average molecular weight is 2300 g/mol. The number of hydrogen-bond donors (Lipinski definition) is 2. The van der Waals surface area contributed by atoms with Crippen LogP contribution in [0.1, 0.15) is 68.8 Å². The Morgan fingerprint density at radius 2 is 0.818 bits per heavy atom. The third-order valence-electron chi connectivity index (χ3n) is 20.5. The van der Waals surface area contributed by atoms with Crippen LogP contribution >= 0.6 is 70.5 Å². The molecule has 36 heteroatoms. The third kappa shape index (κ3) is 39.9. The molecule has 8 aromatic carbocycles. The van der Waals surface area contributed by atoms with Crippen LogP contribution in [0.5, 0.6) is 23.0 Å². The second kappa shape index (κ2) is 62.3. The zero-order chi connectivity index (χ0) is 92.4. The van der Waals surface area contributed by atoms with Gasteiger partial charge < -0.3 is 88.4 Å². The fourth-order valence-electron chi connectivity index (χ4n) is 13.0.